The lowest BCUT2D eigenvalue weighted by atomic mass is 9.97. The van der Waals surface area contributed by atoms with Crippen molar-refractivity contribution in [2.24, 2.45) is 11.8 Å². The van der Waals surface area contributed by atoms with E-state index in [0.717, 1.165) is 25.7 Å². The summed E-state index contributed by atoms with van der Waals surface area (Å²) in [5, 5.41) is 8.73. The molecule has 16 heavy (non-hydrogen) atoms. The van der Waals surface area contributed by atoms with Gasteiger partial charge in [-0.15, -0.1) is 0 Å². The number of hydrogen-bond donors (Lipinski definition) is 2. The number of carbonyl (C=O) groups is 1. The number of aliphatic carboxylic acids is 1. The fourth-order valence-corrected chi connectivity index (χ4v) is 3.76. The Morgan fingerprint density at radius 3 is 2.50 bits per heavy atom. The SMILES string of the molecule is O=C(O)C1CCCC1CNS(=O)(=O)C1CC1. The molecule has 2 unspecified atom stereocenters. The fraction of sp³-hybridized carbons (Fsp3) is 0.900. The standard InChI is InChI=1S/C10H17NO4S/c12-10(13)9-3-1-2-7(9)6-11-16(14,15)8-4-5-8/h7-9,11H,1-6H2,(H,12,13). The van der Waals surface area contributed by atoms with Crippen LogP contribution in [0, 0.1) is 11.8 Å². The van der Waals surface area contributed by atoms with Crippen molar-refractivity contribution in [2.75, 3.05) is 6.54 Å². The van der Waals surface area contributed by atoms with Gasteiger partial charge in [-0.1, -0.05) is 6.42 Å². The van der Waals surface area contributed by atoms with E-state index in [9.17, 15) is 13.2 Å². The highest BCUT2D eigenvalue weighted by Crippen LogP contribution is 2.32. The minimum Gasteiger partial charge on any atom is -0.481 e. The highest BCUT2D eigenvalue weighted by Gasteiger charge is 2.38. The first-order chi connectivity index (χ1) is 7.50. The van der Waals surface area contributed by atoms with Crippen molar-refractivity contribution in [3.63, 3.8) is 0 Å². The first-order valence-corrected chi connectivity index (χ1v) is 7.26. The first kappa shape index (κ1) is 11.9. The third-order valence-electron chi connectivity index (χ3n) is 3.49. The predicted molar refractivity (Wildman–Crippen MR) is 58.4 cm³/mol. The Bertz CT molecular complexity index is 374. The molecule has 6 heteroatoms. The predicted octanol–water partition coefficient (Wildman–Crippen LogP) is 0.569. The second-order valence-electron chi connectivity index (χ2n) is 4.73. The highest BCUT2D eigenvalue weighted by molar-refractivity contribution is 7.90. The van der Waals surface area contributed by atoms with Crippen molar-refractivity contribution in [3.8, 4) is 0 Å². The van der Waals surface area contributed by atoms with E-state index in [4.69, 9.17) is 5.11 Å². The van der Waals surface area contributed by atoms with E-state index >= 15 is 0 Å². The summed E-state index contributed by atoms with van der Waals surface area (Å²) in [6.45, 7) is 0.288. The van der Waals surface area contributed by atoms with Crippen LogP contribution in [0.2, 0.25) is 0 Å². The molecule has 0 saturated heterocycles. The van der Waals surface area contributed by atoms with Gasteiger partial charge in [-0.25, -0.2) is 13.1 Å². The van der Waals surface area contributed by atoms with Crippen molar-refractivity contribution < 1.29 is 18.3 Å². The Kier molecular flexibility index (Phi) is 3.21. The summed E-state index contributed by atoms with van der Waals surface area (Å²) in [4.78, 5) is 10.9. The monoisotopic (exact) mass is 247 g/mol. The molecule has 2 rings (SSSR count). The van der Waals surface area contributed by atoms with E-state index in [1.54, 1.807) is 0 Å². The van der Waals surface area contributed by atoms with Crippen LogP contribution in [-0.4, -0.2) is 31.3 Å². The van der Waals surface area contributed by atoms with Gasteiger partial charge in [0.15, 0.2) is 0 Å². The summed E-state index contributed by atoms with van der Waals surface area (Å²) in [6.07, 6.45) is 3.84. The second-order valence-corrected chi connectivity index (χ2v) is 6.77. The number of carboxylic acid groups (broad SMARTS) is 1. The summed E-state index contributed by atoms with van der Waals surface area (Å²) < 4.78 is 25.7. The number of rotatable bonds is 5. The molecule has 0 radical (unpaired) electrons. The van der Waals surface area contributed by atoms with Crippen molar-refractivity contribution in [3.05, 3.63) is 0 Å². The molecule has 2 aliphatic carbocycles. The van der Waals surface area contributed by atoms with Crippen LogP contribution in [0.25, 0.3) is 0 Å². The molecule has 5 nitrogen and oxygen atoms in total. The summed E-state index contributed by atoms with van der Waals surface area (Å²) in [5.41, 5.74) is 0. The van der Waals surface area contributed by atoms with E-state index in [-0.39, 0.29) is 23.6 Å². The molecule has 2 saturated carbocycles. The Morgan fingerprint density at radius 1 is 1.25 bits per heavy atom. The summed E-state index contributed by atoms with van der Waals surface area (Å²) in [7, 11) is -3.17. The van der Waals surface area contributed by atoms with Gasteiger partial charge in [0.05, 0.1) is 11.2 Å². The Hall–Kier alpha value is -0.620. The van der Waals surface area contributed by atoms with Crippen LogP contribution in [0.1, 0.15) is 32.1 Å². The van der Waals surface area contributed by atoms with Gasteiger partial charge in [-0.3, -0.25) is 4.79 Å². The number of carboxylic acids is 1. The van der Waals surface area contributed by atoms with Crippen LogP contribution in [0.15, 0.2) is 0 Å². The molecule has 0 aromatic heterocycles. The fourth-order valence-electron chi connectivity index (χ4n) is 2.33. The topological polar surface area (TPSA) is 83.5 Å². The van der Waals surface area contributed by atoms with Gasteiger partial charge in [0.25, 0.3) is 0 Å². The van der Waals surface area contributed by atoms with E-state index in [2.05, 4.69) is 4.72 Å². The molecule has 0 heterocycles. The third-order valence-corrected chi connectivity index (χ3v) is 5.40. The van der Waals surface area contributed by atoms with Crippen molar-refractivity contribution >= 4 is 16.0 Å². The first-order valence-electron chi connectivity index (χ1n) is 5.72. The Morgan fingerprint density at radius 2 is 1.94 bits per heavy atom. The molecule has 0 bridgehead atoms. The molecule has 2 aliphatic rings. The number of hydrogen-bond acceptors (Lipinski definition) is 3. The molecule has 92 valence electrons. The normalized spacial score (nSPS) is 30.5. The number of sulfonamides is 1. The third kappa shape index (κ3) is 2.55. The van der Waals surface area contributed by atoms with Crippen molar-refractivity contribution in [1.82, 2.24) is 4.72 Å². The molecule has 2 atom stereocenters. The van der Waals surface area contributed by atoms with Crippen LogP contribution in [0.4, 0.5) is 0 Å². The van der Waals surface area contributed by atoms with Crippen molar-refractivity contribution in [1.29, 1.82) is 0 Å². The second kappa shape index (κ2) is 4.33. The Balaban J connectivity index is 1.87. The lowest BCUT2D eigenvalue weighted by Crippen LogP contribution is -2.34. The molecule has 0 aromatic rings. The zero-order valence-electron chi connectivity index (χ0n) is 9.05. The maximum Gasteiger partial charge on any atom is 0.306 e. The average Bonchev–Trinajstić information content (AvgIpc) is 2.95. The molecular weight excluding hydrogens is 230 g/mol. The molecular formula is C10H17NO4S. The van der Waals surface area contributed by atoms with Crippen molar-refractivity contribution in [2.45, 2.75) is 37.4 Å². The minimum atomic E-state index is -3.17. The van der Waals surface area contributed by atoms with E-state index in [1.165, 1.54) is 0 Å². The average molecular weight is 247 g/mol. The van der Waals surface area contributed by atoms with Gasteiger partial charge >= 0.3 is 5.97 Å². The Labute approximate surface area is 95.3 Å². The van der Waals surface area contributed by atoms with Gasteiger partial charge < -0.3 is 5.11 Å². The van der Waals surface area contributed by atoms with E-state index in [1.807, 2.05) is 0 Å². The van der Waals surface area contributed by atoms with Gasteiger partial charge in [-0.2, -0.15) is 0 Å². The van der Waals surface area contributed by atoms with Gasteiger partial charge in [-0.05, 0) is 31.6 Å². The van der Waals surface area contributed by atoms with E-state index < -0.39 is 16.0 Å². The zero-order valence-corrected chi connectivity index (χ0v) is 9.87. The van der Waals surface area contributed by atoms with Gasteiger partial charge in [0, 0.05) is 6.54 Å². The largest absolute Gasteiger partial charge is 0.481 e. The summed E-state index contributed by atoms with van der Waals surface area (Å²) >= 11 is 0. The molecule has 0 spiro atoms. The smallest absolute Gasteiger partial charge is 0.306 e. The lowest BCUT2D eigenvalue weighted by molar-refractivity contribution is -0.142. The minimum absolute atomic E-state index is 0.0361. The lowest BCUT2D eigenvalue weighted by Gasteiger charge is -2.16. The van der Waals surface area contributed by atoms with Crippen LogP contribution < -0.4 is 4.72 Å². The van der Waals surface area contributed by atoms with Crippen LogP contribution in [-0.2, 0) is 14.8 Å². The molecule has 2 N–H and O–H groups in total. The number of nitrogens with one attached hydrogen (secondary N) is 1. The maximum absolute atomic E-state index is 11.6. The molecule has 0 aliphatic heterocycles. The zero-order chi connectivity index (χ0) is 11.8. The molecule has 2 fully saturated rings. The maximum atomic E-state index is 11.6. The summed E-state index contributed by atoms with van der Waals surface area (Å²) in [6, 6.07) is 0. The van der Waals surface area contributed by atoms with Crippen LogP contribution in [0.5, 0.6) is 0 Å². The van der Waals surface area contributed by atoms with Crippen LogP contribution in [0.3, 0.4) is 0 Å². The van der Waals surface area contributed by atoms with E-state index in [0.29, 0.717) is 6.42 Å². The summed E-state index contributed by atoms with van der Waals surface area (Å²) in [5.74, 6) is -1.21. The highest BCUT2D eigenvalue weighted by atomic mass is 32.2. The molecule has 0 aromatic carbocycles. The quantitative estimate of drug-likeness (QED) is 0.744. The van der Waals surface area contributed by atoms with Gasteiger partial charge in [0.2, 0.25) is 10.0 Å². The van der Waals surface area contributed by atoms with Gasteiger partial charge in [0.1, 0.15) is 0 Å². The molecule has 0 amide bonds. The van der Waals surface area contributed by atoms with Crippen LogP contribution >= 0.6 is 0 Å².